The first-order valence-electron chi connectivity index (χ1n) is 20.4. The molecule has 9 nitrogen and oxygen atoms in total. The van der Waals surface area contributed by atoms with E-state index in [-0.39, 0.29) is 32.0 Å². The lowest BCUT2D eigenvalue weighted by Gasteiger charge is -2.28. The van der Waals surface area contributed by atoms with E-state index in [9.17, 15) is 19.0 Å². The quantitative estimate of drug-likeness (QED) is 0.0204. The van der Waals surface area contributed by atoms with Gasteiger partial charge in [-0.2, -0.15) is 0 Å². The molecular formula is C40H78NO8P. The smallest absolute Gasteiger partial charge is 0.306 e. The van der Waals surface area contributed by atoms with Crippen LogP contribution in [-0.2, 0) is 32.7 Å². The molecular weight excluding hydrogens is 653 g/mol. The number of hydrogen-bond acceptors (Lipinski definition) is 8. The summed E-state index contributed by atoms with van der Waals surface area (Å²) < 4.78 is 33.8. The Balaban J connectivity index is 4.39. The largest absolute Gasteiger partial charge is 0.756 e. The number of esters is 2. The van der Waals surface area contributed by atoms with Gasteiger partial charge in [0.15, 0.2) is 6.10 Å². The molecule has 0 amide bonds. The number of ether oxygens (including phenoxy) is 2. The number of nitrogens with zero attached hydrogens (tertiary/aromatic N) is 1. The van der Waals surface area contributed by atoms with Crippen molar-refractivity contribution in [1.82, 2.24) is 0 Å². The van der Waals surface area contributed by atoms with Crippen LogP contribution in [0.25, 0.3) is 0 Å². The summed E-state index contributed by atoms with van der Waals surface area (Å²) in [5, 5.41) is 0. The Morgan fingerprint density at radius 1 is 0.600 bits per heavy atom. The molecule has 10 heteroatoms. The van der Waals surface area contributed by atoms with Crippen LogP contribution in [0.1, 0.15) is 181 Å². The van der Waals surface area contributed by atoms with Crippen molar-refractivity contribution >= 4 is 19.8 Å². The highest BCUT2D eigenvalue weighted by Gasteiger charge is 2.21. The summed E-state index contributed by atoms with van der Waals surface area (Å²) in [7, 11) is 1.17. The van der Waals surface area contributed by atoms with Crippen LogP contribution < -0.4 is 4.89 Å². The van der Waals surface area contributed by atoms with Crippen molar-refractivity contribution in [1.29, 1.82) is 0 Å². The molecule has 0 fully saturated rings. The predicted molar refractivity (Wildman–Crippen MR) is 204 cm³/mol. The van der Waals surface area contributed by atoms with E-state index in [0.717, 1.165) is 57.8 Å². The van der Waals surface area contributed by atoms with Crippen molar-refractivity contribution in [2.45, 2.75) is 187 Å². The van der Waals surface area contributed by atoms with E-state index in [2.05, 4.69) is 26.0 Å². The number of carbonyl (C=O) groups excluding carboxylic acids is 2. The molecule has 0 N–H and O–H groups in total. The monoisotopic (exact) mass is 732 g/mol. The summed E-state index contributed by atoms with van der Waals surface area (Å²) in [5.74, 6) is -0.839. The van der Waals surface area contributed by atoms with Crippen LogP contribution in [0, 0.1) is 0 Å². The standard InChI is InChI=1S/C40H78NO8P/c1-6-8-10-12-14-16-18-20-21-23-24-26-28-30-32-39(42)46-36-38(37-48-50(44,45)47-35-34-41(3,4)5)49-40(43)33-31-29-27-25-22-19-17-15-13-11-9-7-2/h15,17,38H,6-14,16,18-37H2,1-5H3/b17-15-. The van der Waals surface area contributed by atoms with Crippen LogP contribution in [-0.4, -0.2) is 70.0 Å². The van der Waals surface area contributed by atoms with Gasteiger partial charge in [0.05, 0.1) is 27.7 Å². The topological polar surface area (TPSA) is 111 Å². The number of phosphoric ester groups is 1. The number of hydrogen-bond donors (Lipinski definition) is 0. The predicted octanol–water partition coefficient (Wildman–Crippen LogP) is 10.4. The summed E-state index contributed by atoms with van der Waals surface area (Å²) in [6.45, 7) is 4.19. The summed E-state index contributed by atoms with van der Waals surface area (Å²) in [6, 6.07) is 0. The van der Waals surface area contributed by atoms with Crippen LogP contribution in [0.15, 0.2) is 12.2 Å². The Morgan fingerprint density at radius 2 is 1.02 bits per heavy atom. The summed E-state index contributed by atoms with van der Waals surface area (Å²) in [5.41, 5.74) is 0. The number of likely N-dealkylation sites (N-methyl/N-ethyl adjacent to an activating group) is 1. The molecule has 0 aliphatic rings. The summed E-state index contributed by atoms with van der Waals surface area (Å²) >= 11 is 0. The van der Waals surface area contributed by atoms with Gasteiger partial charge in [0.25, 0.3) is 7.82 Å². The average Bonchev–Trinajstić information content (AvgIpc) is 3.06. The van der Waals surface area contributed by atoms with E-state index in [1.54, 1.807) is 0 Å². The normalized spacial score (nSPS) is 13.8. The van der Waals surface area contributed by atoms with Gasteiger partial charge in [0, 0.05) is 12.8 Å². The van der Waals surface area contributed by atoms with E-state index in [4.69, 9.17) is 18.5 Å². The Morgan fingerprint density at radius 3 is 1.52 bits per heavy atom. The van der Waals surface area contributed by atoms with Gasteiger partial charge in [-0.1, -0.05) is 142 Å². The fourth-order valence-electron chi connectivity index (χ4n) is 5.53. The zero-order valence-corrected chi connectivity index (χ0v) is 34.0. The van der Waals surface area contributed by atoms with Crippen molar-refractivity contribution in [3.05, 3.63) is 12.2 Å². The third-order valence-electron chi connectivity index (χ3n) is 8.79. The van der Waals surface area contributed by atoms with Crippen molar-refractivity contribution in [3.8, 4) is 0 Å². The molecule has 2 atom stereocenters. The SMILES string of the molecule is CCCCC/C=C\CCCCCCCC(=O)OC(COC(=O)CCCCCCCCCCCCCCCC)COP(=O)([O-])OCC[N+](C)(C)C. The lowest BCUT2D eigenvalue weighted by molar-refractivity contribution is -0.870. The second-order valence-electron chi connectivity index (χ2n) is 15.0. The zero-order valence-electron chi connectivity index (χ0n) is 33.1. The molecule has 2 unspecified atom stereocenters. The zero-order chi connectivity index (χ0) is 37.2. The number of quaternary nitrogens is 1. The molecule has 0 heterocycles. The van der Waals surface area contributed by atoms with Crippen molar-refractivity contribution in [2.75, 3.05) is 47.5 Å². The van der Waals surface area contributed by atoms with Gasteiger partial charge >= 0.3 is 11.9 Å². The Labute approximate surface area is 307 Å². The fourth-order valence-corrected chi connectivity index (χ4v) is 6.26. The van der Waals surface area contributed by atoms with Crippen molar-refractivity contribution in [2.24, 2.45) is 0 Å². The molecule has 0 saturated carbocycles. The minimum Gasteiger partial charge on any atom is -0.756 e. The highest BCUT2D eigenvalue weighted by molar-refractivity contribution is 7.45. The number of phosphoric acid groups is 1. The van der Waals surface area contributed by atoms with Gasteiger partial charge < -0.3 is 27.9 Å². The summed E-state index contributed by atoms with van der Waals surface area (Å²) in [6.07, 6.45) is 32.3. The molecule has 0 aliphatic heterocycles. The molecule has 50 heavy (non-hydrogen) atoms. The van der Waals surface area contributed by atoms with Crippen LogP contribution >= 0.6 is 7.82 Å². The van der Waals surface area contributed by atoms with Crippen LogP contribution in [0.2, 0.25) is 0 Å². The molecule has 0 radical (unpaired) electrons. The first-order valence-corrected chi connectivity index (χ1v) is 21.9. The second kappa shape index (κ2) is 33.6. The maximum Gasteiger partial charge on any atom is 0.306 e. The molecule has 0 bridgehead atoms. The molecule has 0 aromatic heterocycles. The van der Waals surface area contributed by atoms with Gasteiger partial charge in [-0.15, -0.1) is 0 Å². The van der Waals surface area contributed by atoms with Gasteiger partial charge in [-0.3, -0.25) is 14.2 Å². The van der Waals surface area contributed by atoms with Gasteiger partial charge in [-0.05, 0) is 38.5 Å². The molecule has 296 valence electrons. The fraction of sp³-hybridized carbons (Fsp3) is 0.900. The van der Waals surface area contributed by atoms with E-state index in [0.29, 0.717) is 17.4 Å². The first-order chi connectivity index (χ1) is 24.0. The molecule has 0 rings (SSSR count). The Kier molecular flexibility index (Phi) is 32.7. The Hall–Kier alpha value is -1.25. The third-order valence-corrected chi connectivity index (χ3v) is 9.75. The second-order valence-corrected chi connectivity index (χ2v) is 16.4. The van der Waals surface area contributed by atoms with E-state index < -0.39 is 26.5 Å². The van der Waals surface area contributed by atoms with Crippen LogP contribution in [0.5, 0.6) is 0 Å². The van der Waals surface area contributed by atoms with Crippen molar-refractivity contribution in [3.63, 3.8) is 0 Å². The number of allylic oxidation sites excluding steroid dienone is 2. The van der Waals surface area contributed by atoms with E-state index in [1.807, 2.05) is 21.1 Å². The van der Waals surface area contributed by atoms with E-state index in [1.165, 1.54) is 89.9 Å². The maximum atomic E-state index is 12.6. The van der Waals surface area contributed by atoms with E-state index >= 15 is 0 Å². The third kappa shape index (κ3) is 36.5. The average molecular weight is 732 g/mol. The number of rotatable bonds is 37. The highest BCUT2D eigenvalue weighted by Crippen LogP contribution is 2.38. The molecule has 0 aliphatic carbocycles. The van der Waals surface area contributed by atoms with Crippen LogP contribution in [0.3, 0.4) is 0 Å². The van der Waals surface area contributed by atoms with Crippen LogP contribution in [0.4, 0.5) is 0 Å². The van der Waals surface area contributed by atoms with Gasteiger partial charge in [-0.25, -0.2) is 0 Å². The lowest BCUT2D eigenvalue weighted by atomic mass is 10.0. The minimum atomic E-state index is -4.61. The number of unbranched alkanes of at least 4 members (excludes halogenated alkanes) is 21. The van der Waals surface area contributed by atoms with Crippen molar-refractivity contribution < 1.29 is 42.1 Å². The van der Waals surface area contributed by atoms with Gasteiger partial charge in [0.2, 0.25) is 0 Å². The number of carbonyl (C=O) groups is 2. The molecule has 0 aromatic rings. The molecule has 0 spiro atoms. The molecule has 0 aromatic carbocycles. The maximum absolute atomic E-state index is 12.6. The Bertz CT molecular complexity index is 876. The highest BCUT2D eigenvalue weighted by atomic mass is 31.2. The minimum absolute atomic E-state index is 0.0296. The first kappa shape index (κ1) is 48.8. The molecule has 0 saturated heterocycles. The summed E-state index contributed by atoms with van der Waals surface area (Å²) in [4.78, 5) is 37.4. The van der Waals surface area contributed by atoms with Gasteiger partial charge in [0.1, 0.15) is 19.8 Å². The lowest BCUT2D eigenvalue weighted by Crippen LogP contribution is -2.37.